The lowest BCUT2D eigenvalue weighted by atomic mass is 10.3. The van der Waals surface area contributed by atoms with Crippen molar-refractivity contribution in [2.24, 2.45) is 5.73 Å². The Morgan fingerprint density at radius 3 is 2.57 bits per heavy atom. The van der Waals surface area contributed by atoms with E-state index in [0.717, 1.165) is 0 Å². The highest BCUT2D eigenvalue weighted by Crippen LogP contribution is 2.09. The van der Waals surface area contributed by atoms with E-state index in [-0.39, 0.29) is 6.04 Å². The molecule has 0 radical (unpaired) electrons. The van der Waals surface area contributed by atoms with Crippen molar-refractivity contribution in [2.45, 2.75) is 13.0 Å². The molecule has 0 bridgehead atoms. The second kappa shape index (κ2) is 3.51. The van der Waals surface area contributed by atoms with Crippen molar-refractivity contribution in [2.75, 3.05) is 0 Å². The number of hydrogen-bond acceptors (Lipinski definition) is 5. The lowest BCUT2D eigenvalue weighted by Crippen LogP contribution is -2.06. The van der Waals surface area contributed by atoms with Crippen molar-refractivity contribution in [3.05, 3.63) is 24.3 Å². The summed E-state index contributed by atoms with van der Waals surface area (Å²) in [6.07, 6.45) is 3.29. The van der Waals surface area contributed by atoms with Crippen LogP contribution in [-0.4, -0.2) is 25.1 Å². The standard InChI is InChI=1S/C8H10N6/c1-5(9)6-12-8(14-13-6)7-10-3-2-4-11-7/h2-5H,9H2,1H3,(H,12,13,14). The monoisotopic (exact) mass is 190 g/mol. The van der Waals surface area contributed by atoms with E-state index in [1.807, 2.05) is 6.92 Å². The summed E-state index contributed by atoms with van der Waals surface area (Å²) in [5, 5.41) is 6.70. The first-order valence-corrected chi connectivity index (χ1v) is 4.22. The summed E-state index contributed by atoms with van der Waals surface area (Å²) >= 11 is 0. The maximum atomic E-state index is 5.63. The van der Waals surface area contributed by atoms with E-state index in [4.69, 9.17) is 5.73 Å². The molecular formula is C8H10N6. The fourth-order valence-electron chi connectivity index (χ4n) is 0.993. The van der Waals surface area contributed by atoms with Gasteiger partial charge in [0.05, 0.1) is 6.04 Å². The SMILES string of the molecule is CC(N)c1nc(-c2ncccn2)n[nH]1. The lowest BCUT2D eigenvalue weighted by molar-refractivity contribution is 0.745. The van der Waals surface area contributed by atoms with E-state index < -0.39 is 0 Å². The second-order valence-corrected chi connectivity index (χ2v) is 2.91. The van der Waals surface area contributed by atoms with Crippen LogP contribution in [-0.2, 0) is 0 Å². The Hall–Kier alpha value is -1.82. The van der Waals surface area contributed by atoms with Crippen LogP contribution in [0.25, 0.3) is 11.6 Å². The van der Waals surface area contributed by atoms with E-state index in [1.165, 1.54) is 0 Å². The van der Waals surface area contributed by atoms with Gasteiger partial charge in [0.25, 0.3) is 0 Å². The topological polar surface area (TPSA) is 93.4 Å². The third-order valence-electron chi connectivity index (χ3n) is 1.70. The normalized spacial score (nSPS) is 12.7. The van der Waals surface area contributed by atoms with Crippen LogP contribution in [0.2, 0.25) is 0 Å². The van der Waals surface area contributed by atoms with Crippen LogP contribution in [0.4, 0.5) is 0 Å². The quantitative estimate of drug-likeness (QED) is 0.709. The van der Waals surface area contributed by atoms with Crippen molar-refractivity contribution in [3.8, 4) is 11.6 Å². The van der Waals surface area contributed by atoms with Gasteiger partial charge in [-0.2, -0.15) is 0 Å². The lowest BCUT2D eigenvalue weighted by Gasteiger charge is -1.95. The zero-order chi connectivity index (χ0) is 9.97. The third-order valence-corrected chi connectivity index (χ3v) is 1.70. The summed E-state index contributed by atoms with van der Waals surface area (Å²) in [5.74, 6) is 1.60. The number of rotatable bonds is 2. The van der Waals surface area contributed by atoms with Gasteiger partial charge in [0.15, 0.2) is 5.82 Å². The molecular weight excluding hydrogens is 180 g/mol. The molecule has 0 spiro atoms. The molecule has 0 saturated heterocycles. The molecule has 0 aliphatic rings. The van der Waals surface area contributed by atoms with Crippen LogP contribution in [0, 0.1) is 0 Å². The van der Waals surface area contributed by atoms with E-state index in [9.17, 15) is 0 Å². The summed E-state index contributed by atoms with van der Waals surface area (Å²) < 4.78 is 0. The van der Waals surface area contributed by atoms with Gasteiger partial charge >= 0.3 is 0 Å². The first kappa shape index (κ1) is 8.76. The maximum Gasteiger partial charge on any atom is 0.219 e. The minimum atomic E-state index is -0.167. The average Bonchev–Trinajstić information content (AvgIpc) is 2.68. The Morgan fingerprint density at radius 2 is 2.00 bits per heavy atom. The largest absolute Gasteiger partial charge is 0.322 e. The molecule has 14 heavy (non-hydrogen) atoms. The summed E-state index contributed by atoms with van der Waals surface area (Å²) in [6.45, 7) is 1.83. The number of H-pyrrole nitrogens is 1. The zero-order valence-electron chi connectivity index (χ0n) is 7.68. The fourth-order valence-corrected chi connectivity index (χ4v) is 0.993. The van der Waals surface area contributed by atoms with E-state index in [1.54, 1.807) is 18.5 Å². The molecule has 2 aromatic heterocycles. The number of nitrogens with zero attached hydrogens (tertiary/aromatic N) is 4. The van der Waals surface area contributed by atoms with Gasteiger partial charge in [-0.05, 0) is 13.0 Å². The minimum Gasteiger partial charge on any atom is -0.322 e. The number of nitrogens with two attached hydrogens (primary N) is 1. The van der Waals surface area contributed by atoms with Gasteiger partial charge in [0.2, 0.25) is 5.82 Å². The summed E-state index contributed by atoms with van der Waals surface area (Å²) in [7, 11) is 0. The van der Waals surface area contributed by atoms with Crippen LogP contribution in [0.3, 0.4) is 0 Å². The molecule has 2 heterocycles. The van der Waals surface area contributed by atoms with Gasteiger partial charge < -0.3 is 5.73 Å². The van der Waals surface area contributed by atoms with Crippen molar-refractivity contribution >= 4 is 0 Å². The molecule has 0 aliphatic heterocycles. The number of nitrogens with one attached hydrogen (secondary N) is 1. The highest BCUT2D eigenvalue weighted by Gasteiger charge is 2.09. The predicted molar refractivity (Wildman–Crippen MR) is 50.0 cm³/mol. The molecule has 2 aromatic rings. The Labute approximate surface area is 80.6 Å². The first-order valence-electron chi connectivity index (χ1n) is 4.22. The van der Waals surface area contributed by atoms with Gasteiger partial charge in [0, 0.05) is 12.4 Å². The molecule has 0 aromatic carbocycles. The molecule has 0 amide bonds. The highest BCUT2D eigenvalue weighted by molar-refractivity contribution is 5.40. The van der Waals surface area contributed by atoms with E-state index in [0.29, 0.717) is 17.5 Å². The molecule has 6 heteroatoms. The molecule has 6 nitrogen and oxygen atoms in total. The Morgan fingerprint density at radius 1 is 1.29 bits per heavy atom. The van der Waals surface area contributed by atoms with Gasteiger partial charge in [-0.1, -0.05) is 0 Å². The van der Waals surface area contributed by atoms with Crippen LogP contribution in [0.5, 0.6) is 0 Å². The van der Waals surface area contributed by atoms with Crippen molar-refractivity contribution in [3.63, 3.8) is 0 Å². The predicted octanol–water partition coefficient (Wildman–Crippen LogP) is 0.281. The van der Waals surface area contributed by atoms with Crippen LogP contribution in [0.15, 0.2) is 18.5 Å². The van der Waals surface area contributed by atoms with E-state index >= 15 is 0 Å². The molecule has 2 rings (SSSR count). The van der Waals surface area contributed by atoms with Crippen LogP contribution < -0.4 is 5.73 Å². The third kappa shape index (κ3) is 1.60. The van der Waals surface area contributed by atoms with Gasteiger partial charge in [-0.3, -0.25) is 5.10 Å². The second-order valence-electron chi connectivity index (χ2n) is 2.91. The highest BCUT2D eigenvalue weighted by atomic mass is 15.2. The average molecular weight is 190 g/mol. The number of aromatic amines is 1. The minimum absolute atomic E-state index is 0.167. The smallest absolute Gasteiger partial charge is 0.219 e. The van der Waals surface area contributed by atoms with Crippen molar-refractivity contribution in [1.82, 2.24) is 25.1 Å². The first-order chi connectivity index (χ1) is 6.77. The molecule has 1 atom stereocenters. The van der Waals surface area contributed by atoms with Crippen molar-refractivity contribution < 1.29 is 0 Å². The molecule has 3 N–H and O–H groups in total. The summed E-state index contributed by atoms with van der Waals surface area (Å²) in [4.78, 5) is 12.2. The number of aromatic nitrogens is 5. The van der Waals surface area contributed by atoms with Crippen LogP contribution in [0.1, 0.15) is 18.8 Å². The number of hydrogen-bond donors (Lipinski definition) is 2. The van der Waals surface area contributed by atoms with E-state index in [2.05, 4.69) is 25.1 Å². The molecule has 0 saturated carbocycles. The van der Waals surface area contributed by atoms with Crippen LogP contribution >= 0.6 is 0 Å². The van der Waals surface area contributed by atoms with Gasteiger partial charge in [-0.15, -0.1) is 5.10 Å². The Bertz CT molecular complexity index is 407. The zero-order valence-corrected chi connectivity index (χ0v) is 7.68. The summed E-state index contributed by atoms with van der Waals surface area (Å²) in [6, 6.07) is 1.57. The molecule has 0 fully saturated rings. The molecule has 1 unspecified atom stereocenters. The summed E-state index contributed by atoms with van der Waals surface area (Å²) in [5.41, 5.74) is 5.63. The molecule has 72 valence electrons. The van der Waals surface area contributed by atoms with Crippen molar-refractivity contribution in [1.29, 1.82) is 0 Å². The fraction of sp³-hybridized carbons (Fsp3) is 0.250. The Kier molecular flexibility index (Phi) is 2.19. The van der Waals surface area contributed by atoms with Gasteiger partial charge in [-0.25, -0.2) is 15.0 Å². The maximum absolute atomic E-state index is 5.63. The Balaban J connectivity index is 2.34. The van der Waals surface area contributed by atoms with Gasteiger partial charge in [0.1, 0.15) is 5.82 Å². The molecule has 0 aliphatic carbocycles.